The highest BCUT2D eigenvalue weighted by Crippen LogP contribution is 2.63. The number of nitrogens with one attached hydrogen (secondary N) is 2. The number of carbonyl (C=O) groups is 1. The first kappa shape index (κ1) is 14.0. The number of aromatic nitrogens is 1. The van der Waals surface area contributed by atoms with Gasteiger partial charge in [0.25, 0.3) is 0 Å². The minimum absolute atomic E-state index is 0.154. The van der Waals surface area contributed by atoms with Crippen LogP contribution in [0, 0.1) is 11.3 Å². The third-order valence-corrected chi connectivity index (χ3v) is 4.25. The van der Waals surface area contributed by atoms with E-state index in [1.54, 1.807) is 6.07 Å². The van der Waals surface area contributed by atoms with Crippen LogP contribution >= 0.6 is 0 Å². The van der Waals surface area contributed by atoms with Gasteiger partial charge in [0, 0.05) is 25.4 Å². The van der Waals surface area contributed by atoms with Crippen molar-refractivity contribution in [1.82, 2.24) is 15.6 Å². The van der Waals surface area contributed by atoms with Crippen molar-refractivity contribution in [3.05, 3.63) is 23.9 Å². The van der Waals surface area contributed by atoms with Crippen molar-refractivity contribution >= 4 is 6.03 Å². The number of carbonyl (C=O) groups excluding carboxylic acids is 1. The Morgan fingerprint density at radius 3 is 2.81 bits per heavy atom. The fourth-order valence-corrected chi connectivity index (χ4v) is 3.10. The van der Waals surface area contributed by atoms with E-state index in [9.17, 15) is 13.6 Å². The Morgan fingerprint density at radius 2 is 2.19 bits per heavy atom. The van der Waals surface area contributed by atoms with Crippen molar-refractivity contribution in [2.75, 3.05) is 6.54 Å². The molecule has 2 amide bonds. The van der Waals surface area contributed by atoms with Crippen LogP contribution in [-0.4, -0.2) is 24.2 Å². The molecule has 3 fully saturated rings. The van der Waals surface area contributed by atoms with Crippen LogP contribution in [0.5, 0.6) is 5.88 Å². The van der Waals surface area contributed by atoms with Crippen LogP contribution in [0.4, 0.5) is 13.6 Å². The minimum atomic E-state index is -2.91. The molecule has 1 aromatic rings. The Balaban J connectivity index is 1.42. The number of hydrogen-bond acceptors (Lipinski definition) is 3. The summed E-state index contributed by atoms with van der Waals surface area (Å²) in [4.78, 5) is 15.4. The van der Waals surface area contributed by atoms with Gasteiger partial charge in [-0.2, -0.15) is 8.78 Å². The van der Waals surface area contributed by atoms with E-state index in [-0.39, 0.29) is 18.5 Å². The molecule has 0 aliphatic heterocycles. The van der Waals surface area contributed by atoms with Crippen LogP contribution in [0.2, 0.25) is 0 Å². The molecule has 21 heavy (non-hydrogen) atoms. The third kappa shape index (κ3) is 3.22. The molecule has 0 spiro atoms. The van der Waals surface area contributed by atoms with E-state index >= 15 is 0 Å². The molecule has 5 nitrogen and oxygen atoms in total. The van der Waals surface area contributed by atoms with Crippen LogP contribution < -0.4 is 15.4 Å². The number of rotatable bonds is 6. The number of amides is 2. The van der Waals surface area contributed by atoms with Gasteiger partial charge in [0.05, 0.1) is 0 Å². The highest BCUT2D eigenvalue weighted by Gasteiger charge is 2.56. The van der Waals surface area contributed by atoms with E-state index < -0.39 is 6.61 Å². The lowest BCUT2D eigenvalue weighted by Crippen LogP contribution is -2.58. The zero-order valence-electron chi connectivity index (χ0n) is 11.4. The average Bonchev–Trinajstić information content (AvgIpc) is 2.32. The quantitative estimate of drug-likeness (QED) is 0.846. The topological polar surface area (TPSA) is 63.2 Å². The molecule has 3 aliphatic rings. The fourth-order valence-electron chi connectivity index (χ4n) is 3.10. The molecule has 2 bridgehead atoms. The minimum Gasteiger partial charge on any atom is -0.417 e. The molecular formula is C14H17F2N3O2. The zero-order chi connectivity index (χ0) is 14.9. The van der Waals surface area contributed by atoms with Crippen molar-refractivity contribution in [3.8, 4) is 5.88 Å². The van der Waals surface area contributed by atoms with Gasteiger partial charge in [-0.05, 0) is 42.2 Å². The summed E-state index contributed by atoms with van der Waals surface area (Å²) in [6.07, 6.45) is 5.05. The number of ether oxygens (including phenoxy) is 1. The van der Waals surface area contributed by atoms with Crippen LogP contribution in [-0.2, 0) is 6.54 Å². The van der Waals surface area contributed by atoms with Crippen LogP contribution in [0.25, 0.3) is 0 Å². The Kier molecular flexibility index (Phi) is 3.65. The number of hydrogen-bond donors (Lipinski definition) is 2. The second-order valence-corrected chi connectivity index (χ2v) is 5.90. The predicted molar refractivity (Wildman–Crippen MR) is 70.9 cm³/mol. The number of pyridine rings is 1. The molecule has 0 saturated heterocycles. The zero-order valence-corrected chi connectivity index (χ0v) is 11.4. The summed E-state index contributed by atoms with van der Waals surface area (Å²) in [5.41, 5.74) is 1.01. The van der Waals surface area contributed by atoms with Gasteiger partial charge in [0.2, 0.25) is 5.88 Å². The fraction of sp³-hybridized carbons (Fsp3) is 0.571. The molecule has 1 aromatic heterocycles. The maximum absolute atomic E-state index is 12.1. The molecule has 7 heteroatoms. The molecule has 0 unspecified atom stereocenters. The SMILES string of the molecule is O=C(NCc1ccnc(OC(F)F)c1)NCC12CC(C1)C2. The van der Waals surface area contributed by atoms with Crippen molar-refractivity contribution < 1.29 is 18.3 Å². The van der Waals surface area contributed by atoms with Gasteiger partial charge < -0.3 is 15.4 Å². The van der Waals surface area contributed by atoms with Crippen molar-refractivity contribution in [2.24, 2.45) is 11.3 Å². The van der Waals surface area contributed by atoms with Crippen LogP contribution in [0.1, 0.15) is 24.8 Å². The Labute approximate surface area is 121 Å². The van der Waals surface area contributed by atoms with E-state index in [2.05, 4.69) is 20.4 Å². The van der Waals surface area contributed by atoms with Gasteiger partial charge in [0.1, 0.15) is 0 Å². The molecule has 0 radical (unpaired) electrons. The molecule has 0 aromatic carbocycles. The highest BCUT2D eigenvalue weighted by molar-refractivity contribution is 5.73. The Hall–Kier alpha value is -1.92. The third-order valence-electron chi connectivity index (χ3n) is 4.25. The Bertz CT molecular complexity index is 522. The Morgan fingerprint density at radius 1 is 1.43 bits per heavy atom. The van der Waals surface area contributed by atoms with Crippen LogP contribution in [0.3, 0.4) is 0 Å². The first-order valence-electron chi connectivity index (χ1n) is 6.96. The predicted octanol–water partition coefficient (Wildman–Crippen LogP) is 2.28. The molecule has 2 N–H and O–H groups in total. The maximum Gasteiger partial charge on any atom is 0.388 e. The van der Waals surface area contributed by atoms with E-state index in [1.807, 2.05) is 0 Å². The van der Waals surface area contributed by atoms with Gasteiger partial charge >= 0.3 is 12.6 Å². The monoisotopic (exact) mass is 297 g/mol. The molecule has 4 rings (SSSR count). The normalized spacial score (nSPS) is 25.8. The van der Waals surface area contributed by atoms with E-state index in [1.165, 1.54) is 31.5 Å². The lowest BCUT2D eigenvalue weighted by atomic mass is 9.44. The van der Waals surface area contributed by atoms with E-state index in [0.29, 0.717) is 17.5 Å². The van der Waals surface area contributed by atoms with Gasteiger partial charge in [-0.1, -0.05) is 0 Å². The van der Waals surface area contributed by atoms with Crippen molar-refractivity contribution in [2.45, 2.75) is 32.4 Å². The largest absolute Gasteiger partial charge is 0.417 e. The number of urea groups is 1. The van der Waals surface area contributed by atoms with Gasteiger partial charge in [-0.3, -0.25) is 0 Å². The molecule has 3 saturated carbocycles. The second kappa shape index (κ2) is 5.46. The molecule has 1 heterocycles. The summed E-state index contributed by atoms with van der Waals surface area (Å²) >= 11 is 0. The van der Waals surface area contributed by atoms with E-state index in [4.69, 9.17) is 0 Å². The second-order valence-electron chi connectivity index (χ2n) is 5.90. The lowest BCUT2D eigenvalue weighted by molar-refractivity contribution is -0.100. The lowest BCUT2D eigenvalue weighted by Gasteiger charge is -2.62. The summed E-state index contributed by atoms with van der Waals surface area (Å²) in [5.74, 6) is 0.735. The summed E-state index contributed by atoms with van der Waals surface area (Å²) in [7, 11) is 0. The summed E-state index contributed by atoms with van der Waals surface area (Å²) in [6.45, 7) is -1.95. The summed E-state index contributed by atoms with van der Waals surface area (Å²) in [5, 5.41) is 5.56. The van der Waals surface area contributed by atoms with E-state index in [0.717, 1.165) is 5.92 Å². The average molecular weight is 297 g/mol. The number of alkyl halides is 2. The van der Waals surface area contributed by atoms with Crippen molar-refractivity contribution in [1.29, 1.82) is 0 Å². The molecular weight excluding hydrogens is 280 g/mol. The smallest absolute Gasteiger partial charge is 0.388 e. The molecule has 3 aliphatic carbocycles. The first-order valence-corrected chi connectivity index (χ1v) is 6.96. The standard InChI is InChI=1S/C14H17F2N3O2/c15-12(16)21-11-3-9(1-2-17-11)7-18-13(20)19-8-14-4-10(5-14)6-14/h1-3,10,12H,4-8H2,(H2,18,19,20). The van der Waals surface area contributed by atoms with Gasteiger partial charge in [-0.25, -0.2) is 9.78 Å². The maximum atomic E-state index is 12.1. The molecule has 0 atom stereocenters. The van der Waals surface area contributed by atoms with Crippen LogP contribution in [0.15, 0.2) is 18.3 Å². The molecule has 114 valence electrons. The number of nitrogens with zero attached hydrogens (tertiary/aromatic N) is 1. The summed E-state index contributed by atoms with van der Waals surface area (Å²) < 4.78 is 28.4. The summed E-state index contributed by atoms with van der Waals surface area (Å²) in [6, 6.07) is 2.78. The number of halogens is 2. The highest BCUT2D eigenvalue weighted by atomic mass is 19.3. The van der Waals surface area contributed by atoms with Gasteiger partial charge in [0.15, 0.2) is 0 Å². The first-order chi connectivity index (χ1) is 10.0. The van der Waals surface area contributed by atoms with Gasteiger partial charge in [-0.15, -0.1) is 0 Å². The van der Waals surface area contributed by atoms with Crippen molar-refractivity contribution in [3.63, 3.8) is 0 Å².